The van der Waals surface area contributed by atoms with Gasteiger partial charge in [-0.25, -0.2) is 0 Å². The molecule has 0 aromatic rings. The highest BCUT2D eigenvalue weighted by atomic mass is 19.4. The number of hydrogen-bond acceptors (Lipinski definition) is 3. The molecule has 7 heteroatoms. The van der Waals surface area contributed by atoms with Crippen molar-refractivity contribution < 1.29 is 23.1 Å². The first-order chi connectivity index (χ1) is 8.78. The molecule has 0 aromatic heterocycles. The van der Waals surface area contributed by atoms with E-state index in [0.717, 1.165) is 12.8 Å². The lowest BCUT2D eigenvalue weighted by Gasteiger charge is -2.38. The van der Waals surface area contributed by atoms with Gasteiger partial charge >= 0.3 is 6.18 Å². The number of hydrogen-bond donors (Lipinski definition) is 2. The van der Waals surface area contributed by atoms with Crippen LogP contribution in [0.5, 0.6) is 0 Å². The number of aliphatic hydroxyl groups is 1. The first-order valence-electron chi connectivity index (χ1n) is 6.56. The number of alkyl halides is 3. The maximum Gasteiger partial charge on any atom is 0.417 e. The summed E-state index contributed by atoms with van der Waals surface area (Å²) in [5.74, 6) is -0.175. The van der Waals surface area contributed by atoms with E-state index in [2.05, 4.69) is 5.32 Å². The van der Waals surface area contributed by atoms with E-state index < -0.39 is 11.8 Å². The SMILES string of the molecule is CCCCNC(=O)CN1CCC(O)(C(F)(F)F)CC1. The van der Waals surface area contributed by atoms with Crippen LogP contribution in [0.25, 0.3) is 0 Å². The zero-order valence-corrected chi connectivity index (χ0v) is 11.1. The molecule has 19 heavy (non-hydrogen) atoms. The van der Waals surface area contributed by atoms with Crippen molar-refractivity contribution in [1.29, 1.82) is 0 Å². The molecule has 1 heterocycles. The molecule has 1 rings (SSSR count). The van der Waals surface area contributed by atoms with Gasteiger partial charge in [0, 0.05) is 19.6 Å². The van der Waals surface area contributed by atoms with Crippen LogP contribution >= 0.6 is 0 Å². The third kappa shape index (κ3) is 4.65. The summed E-state index contributed by atoms with van der Waals surface area (Å²) >= 11 is 0. The maximum atomic E-state index is 12.6. The minimum absolute atomic E-state index is 0.0806. The molecule has 2 N–H and O–H groups in total. The van der Waals surface area contributed by atoms with Crippen LogP contribution in [0.2, 0.25) is 0 Å². The van der Waals surface area contributed by atoms with Crippen molar-refractivity contribution in [2.75, 3.05) is 26.2 Å². The van der Waals surface area contributed by atoms with Gasteiger partial charge in [0.05, 0.1) is 6.54 Å². The zero-order chi connectivity index (χ0) is 14.5. The smallest absolute Gasteiger partial charge is 0.380 e. The van der Waals surface area contributed by atoms with Gasteiger partial charge < -0.3 is 10.4 Å². The van der Waals surface area contributed by atoms with Crippen LogP contribution in [-0.4, -0.2) is 53.9 Å². The molecule has 1 saturated heterocycles. The fourth-order valence-electron chi connectivity index (χ4n) is 2.03. The van der Waals surface area contributed by atoms with Crippen LogP contribution < -0.4 is 5.32 Å². The molecule has 4 nitrogen and oxygen atoms in total. The third-order valence-corrected chi connectivity index (χ3v) is 3.43. The van der Waals surface area contributed by atoms with E-state index in [1.165, 1.54) is 0 Å². The number of amides is 1. The predicted octanol–water partition coefficient (Wildman–Crippen LogP) is 1.29. The topological polar surface area (TPSA) is 52.6 Å². The standard InChI is InChI=1S/C12H21F3N2O2/c1-2-3-6-16-10(18)9-17-7-4-11(19,5-8-17)12(13,14)15/h19H,2-9H2,1H3,(H,16,18). The van der Waals surface area contributed by atoms with Crippen LogP contribution in [0, 0.1) is 0 Å². The van der Waals surface area contributed by atoms with E-state index in [0.29, 0.717) is 6.54 Å². The Bertz CT molecular complexity index is 300. The summed E-state index contributed by atoms with van der Waals surface area (Å²) in [4.78, 5) is 13.1. The Labute approximate surface area is 111 Å². The van der Waals surface area contributed by atoms with E-state index >= 15 is 0 Å². The van der Waals surface area contributed by atoms with E-state index in [1.54, 1.807) is 4.90 Å². The monoisotopic (exact) mass is 282 g/mol. The number of rotatable bonds is 5. The summed E-state index contributed by atoms with van der Waals surface area (Å²) in [6, 6.07) is 0. The molecular weight excluding hydrogens is 261 g/mol. The normalized spacial score (nSPS) is 20.3. The molecule has 0 unspecified atom stereocenters. The number of likely N-dealkylation sites (tertiary alicyclic amines) is 1. The molecule has 1 amide bonds. The van der Waals surface area contributed by atoms with Gasteiger partial charge in [0.25, 0.3) is 0 Å². The Morgan fingerprint density at radius 1 is 1.37 bits per heavy atom. The van der Waals surface area contributed by atoms with Crippen LogP contribution in [0.4, 0.5) is 13.2 Å². The molecule has 1 aliphatic rings. The lowest BCUT2D eigenvalue weighted by atomic mass is 9.91. The number of piperidine rings is 1. The predicted molar refractivity (Wildman–Crippen MR) is 64.6 cm³/mol. The summed E-state index contributed by atoms with van der Waals surface area (Å²) in [7, 11) is 0. The third-order valence-electron chi connectivity index (χ3n) is 3.43. The van der Waals surface area contributed by atoms with E-state index in [9.17, 15) is 23.1 Å². The second-order valence-corrected chi connectivity index (χ2v) is 5.01. The fraction of sp³-hybridized carbons (Fsp3) is 0.917. The van der Waals surface area contributed by atoms with Crippen LogP contribution in [-0.2, 0) is 4.79 Å². The van der Waals surface area contributed by atoms with Crippen molar-refractivity contribution in [1.82, 2.24) is 10.2 Å². The van der Waals surface area contributed by atoms with Crippen LogP contribution in [0.15, 0.2) is 0 Å². The Hall–Kier alpha value is -0.820. The summed E-state index contributed by atoms with van der Waals surface area (Å²) in [6.45, 7) is 2.86. The van der Waals surface area contributed by atoms with Gasteiger partial charge in [0.1, 0.15) is 0 Å². The lowest BCUT2D eigenvalue weighted by Crippen LogP contribution is -2.54. The van der Waals surface area contributed by atoms with Crippen molar-refractivity contribution in [2.24, 2.45) is 0 Å². The summed E-state index contributed by atoms with van der Waals surface area (Å²) in [5, 5.41) is 12.2. The molecule has 0 bridgehead atoms. The van der Waals surface area contributed by atoms with Crippen molar-refractivity contribution in [3.8, 4) is 0 Å². The molecule has 0 atom stereocenters. The highest BCUT2D eigenvalue weighted by Gasteiger charge is 2.54. The number of unbranched alkanes of at least 4 members (excludes halogenated alkanes) is 1. The zero-order valence-electron chi connectivity index (χ0n) is 11.1. The van der Waals surface area contributed by atoms with Gasteiger partial charge in [-0.3, -0.25) is 9.69 Å². The number of nitrogens with one attached hydrogen (secondary N) is 1. The Balaban J connectivity index is 2.32. The average Bonchev–Trinajstić information content (AvgIpc) is 2.31. The van der Waals surface area contributed by atoms with Crippen molar-refractivity contribution in [3.63, 3.8) is 0 Å². The molecule has 1 aliphatic heterocycles. The molecule has 0 radical (unpaired) electrons. The Morgan fingerprint density at radius 3 is 2.42 bits per heavy atom. The van der Waals surface area contributed by atoms with E-state index in [-0.39, 0.29) is 38.4 Å². The minimum Gasteiger partial charge on any atom is -0.380 e. The summed E-state index contributed by atoms with van der Waals surface area (Å²) < 4.78 is 37.7. The number of carbonyl (C=O) groups is 1. The Kier molecular flexibility index (Phi) is 5.61. The first-order valence-corrected chi connectivity index (χ1v) is 6.56. The minimum atomic E-state index is -4.59. The fourth-order valence-corrected chi connectivity index (χ4v) is 2.03. The Morgan fingerprint density at radius 2 is 1.95 bits per heavy atom. The van der Waals surface area contributed by atoms with Crippen LogP contribution in [0.3, 0.4) is 0 Å². The van der Waals surface area contributed by atoms with Gasteiger partial charge in [-0.1, -0.05) is 13.3 Å². The van der Waals surface area contributed by atoms with Gasteiger partial charge in [-0.05, 0) is 19.3 Å². The quantitative estimate of drug-likeness (QED) is 0.747. The summed E-state index contributed by atoms with van der Waals surface area (Å²) in [6.07, 6.45) is -3.48. The summed E-state index contributed by atoms with van der Waals surface area (Å²) in [5.41, 5.74) is -2.60. The van der Waals surface area contributed by atoms with Gasteiger partial charge in [-0.2, -0.15) is 13.2 Å². The van der Waals surface area contributed by atoms with Gasteiger partial charge in [-0.15, -0.1) is 0 Å². The van der Waals surface area contributed by atoms with Gasteiger partial charge in [0.2, 0.25) is 5.91 Å². The molecule has 1 fully saturated rings. The number of halogens is 3. The van der Waals surface area contributed by atoms with E-state index in [4.69, 9.17) is 0 Å². The first kappa shape index (κ1) is 16.2. The average molecular weight is 282 g/mol. The van der Waals surface area contributed by atoms with Crippen molar-refractivity contribution in [2.45, 2.75) is 44.4 Å². The van der Waals surface area contributed by atoms with Crippen LogP contribution in [0.1, 0.15) is 32.6 Å². The lowest BCUT2D eigenvalue weighted by molar-refractivity contribution is -0.272. The number of carbonyl (C=O) groups excluding carboxylic acids is 1. The maximum absolute atomic E-state index is 12.6. The highest BCUT2D eigenvalue weighted by Crippen LogP contribution is 2.38. The molecule has 0 aliphatic carbocycles. The van der Waals surface area contributed by atoms with Crippen molar-refractivity contribution in [3.05, 3.63) is 0 Å². The van der Waals surface area contributed by atoms with Gasteiger partial charge in [0.15, 0.2) is 5.60 Å². The number of nitrogens with zero attached hydrogens (tertiary/aromatic N) is 1. The molecule has 0 spiro atoms. The second-order valence-electron chi connectivity index (χ2n) is 5.01. The van der Waals surface area contributed by atoms with Crippen molar-refractivity contribution >= 4 is 5.91 Å². The largest absolute Gasteiger partial charge is 0.417 e. The molecular formula is C12H21F3N2O2. The highest BCUT2D eigenvalue weighted by molar-refractivity contribution is 5.77. The second kappa shape index (κ2) is 6.56. The molecule has 0 aromatic carbocycles. The van der Waals surface area contributed by atoms with E-state index in [1.807, 2.05) is 6.92 Å². The molecule has 0 saturated carbocycles. The molecule has 112 valence electrons.